The van der Waals surface area contributed by atoms with Gasteiger partial charge in [-0.1, -0.05) is 18.2 Å². The quantitative estimate of drug-likeness (QED) is 0.485. The largest absolute Gasteiger partial charge is 0.496 e. The highest BCUT2D eigenvalue weighted by Gasteiger charge is 2.16. The molecule has 0 aliphatic heterocycles. The van der Waals surface area contributed by atoms with Crippen molar-refractivity contribution in [3.63, 3.8) is 0 Å². The molecule has 7 nitrogen and oxygen atoms in total. The highest BCUT2D eigenvalue weighted by molar-refractivity contribution is 5.90. The van der Waals surface area contributed by atoms with Crippen LogP contribution in [0, 0.1) is 6.92 Å². The predicted molar refractivity (Wildman–Crippen MR) is 99.4 cm³/mol. The molecule has 2 rings (SSSR count). The third kappa shape index (κ3) is 4.56. The first kappa shape index (κ1) is 19.4. The third-order valence-corrected chi connectivity index (χ3v) is 3.97. The molecule has 1 heterocycles. The number of benzene rings is 1. The van der Waals surface area contributed by atoms with Gasteiger partial charge in [0.05, 0.1) is 20.8 Å². The van der Waals surface area contributed by atoms with Crippen molar-refractivity contribution in [2.24, 2.45) is 4.99 Å². The number of carbonyl (C=O) groups excluding carboxylic acids is 1. The van der Waals surface area contributed by atoms with Crippen LogP contribution in [0.1, 0.15) is 27.4 Å². The van der Waals surface area contributed by atoms with Crippen LogP contribution in [0.4, 0.5) is 0 Å². The number of para-hydroxylation sites is 1. The second-order valence-corrected chi connectivity index (χ2v) is 5.74. The zero-order valence-corrected chi connectivity index (χ0v) is 15.8. The number of nitrogens with zero attached hydrogens (tertiary/aromatic N) is 2. The number of hydrogen-bond donors (Lipinski definition) is 1. The Morgan fingerprint density at radius 1 is 1.31 bits per heavy atom. The maximum atomic E-state index is 11.7. The van der Waals surface area contributed by atoms with E-state index in [1.807, 2.05) is 36.2 Å². The maximum absolute atomic E-state index is 11.7. The van der Waals surface area contributed by atoms with E-state index in [0.29, 0.717) is 36.1 Å². The molecule has 1 aromatic heterocycles. The van der Waals surface area contributed by atoms with Gasteiger partial charge in [-0.25, -0.2) is 4.79 Å². The summed E-state index contributed by atoms with van der Waals surface area (Å²) in [6.07, 6.45) is 0. The number of esters is 1. The van der Waals surface area contributed by atoms with Gasteiger partial charge in [-0.2, -0.15) is 0 Å². The van der Waals surface area contributed by atoms with Crippen LogP contribution in [0.5, 0.6) is 5.75 Å². The summed E-state index contributed by atoms with van der Waals surface area (Å²) in [6.45, 7) is 2.77. The fourth-order valence-electron chi connectivity index (χ4n) is 2.66. The Hall–Kier alpha value is -2.96. The molecular weight excluding hydrogens is 334 g/mol. The third-order valence-electron chi connectivity index (χ3n) is 3.97. The number of rotatable bonds is 6. The van der Waals surface area contributed by atoms with Crippen LogP contribution >= 0.6 is 0 Å². The zero-order chi connectivity index (χ0) is 19.1. The van der Waals surface area contributed by atoms with Crippen LogP contribution in [0.15, 0.2) is 39.7 Å². The number of nitrogens with one attached hydrogen (secondary N) is 1. The molecule has 0 fully saturated rings. The van der Waals surface area contributed by atoms with E-state index in [0.717, 1.165) is 11.3 Å². The minimum atomic E-state index is -0.407. The topological polar surface area (TPSA) is 76.3 Å². The van der Waals surface area contributed by atoms with Crippen molar-refractivity contribution < 1.29 is 18.7 Å². The smallest absolute Gasteiger partial charge is 0.341 e. The maximum Gasteiger partial charge on any atom is 0.341 e. The Morgan fingerprint density at radius 3 is 2.69 bits per heavy atom. The molecule has 0 aliphatic carbocycles. The van der Waals surface area contributed by atoms with E-state index in [4.69, 9.17) is 13.9 Å². The van der Waals surface area contributed by atoms with E-state index < -0.39 is 5.97 Å². The van der Waals surface area contributed by atoms with E-state index >= 15 is 0 Å². The molecule has 0 aliphatic rings. The number of carbonyl (C=O) groups is 1. The second-order valence-electron chi connectivity index (χ2n) is 5.74. The highest BCUT2D eigenvalue weighted by Crippen LogP contribution is 2.19. The monoisotopic (exact) mass is 359 g/mol. The van der Waals surface area contributed by atoms with Crippen molar-refractivity contribution in [2.75, 3.05) is 28.3 Å². The van der Waals surface area contributed by atoms with Crippen molar-refractivity contribution in [2.45, 2.75) is 20.0 Å². The van der Waals surface area contributed by atoms with Crippen LogP contribution < -0.4 is 10.1 Å². The first-order chi connectivity index (χ1) is 12.5. The summed E-state index contributed by atoms with van der Waals surface area (Å²) >= 11 is 0. The van der Waals surface area contributed by atoms with Gasteiger partial charge in [0.2, 0.25) is 0 Å². The van der Waals surface area contributed by atoms with E-state index in [1.54, 1.807) is 27.1 Å². The summed E-state index contributed by atoms with van der Waals surface area (Å²) in [7, 11) is 6.66. The summed E-state index contributed by atoms with van der Waals surface area (Å²) < 4.78 is 15.7. The molecule has 0 bridgehead atoms. The normalized spacial score (nSPS) is 11.2. The van der Waals surface area contributed by atoms with Gasteiger partial charge in [-0.3, -0.25) is 4.99 Å². The number of guanidine groups is 1. The predicted octanol–water partition coefficient (Wildman–Crippen LogP) is 2.59. The van der Waals surface area contributed by atoms with Gasteiger partial charge >= 0.3 is 5.97 Å². The van der Waals surface area contributed by atoms with Gasteiger partial charge in [-0.15, -0.1) is 0 Å². The Morgan fingerprint density at radius 2 is 2.04 bits per heavy atom. The van der Waals surface area contributed by atoms with Gasteiger partial charge in [0.15, 0.2) is 5.96 Å². The van der Waals surface area contributed by atoms with Gasteiger partial charge in [-0.05, 0) is 19.1 Å². The molecule has 0 amide bonds. The SMILES string of the molecule is CN=C(NCc1cc(C(=O)OC)c(C)o1)N(C)Cc1ccccc1OC. The van der Waals surface area contributed by atoms with Crippen molar-refractivity contribution in [3.05, 3.63) is 53.0 Å². The minimum Gasteiger partial charge on any atom is -0.496 e. The number of aryl methyl sites for hydroxylation is 1. The number of hydrogen-bond acceptors (Lipinski definition) is 5. The molecule has 0 saturated heterocycles. The zero-order valence-electron chi connectivity index (χ0n) is 15.8. The average molecular weight is 359 g/mol. The highest BCUT2D eigenvalue weighted by atomic mass is 16.5. The Labute approximate surface area is 153 Å². The van der Waals surface area contributed by atoms with Crippen molar-refractivity contribution in [3.8, 4) is 5.75 Å². The number of methoxy groups -OCH3 is 2. The minimum absolute atomic E-state index is 0.404. The lowest BCUT2D eigenvalue weighted by atomic mass is 10.2. The molecule has 1 aromatic carbocycles. The first-order valence-corrected chi connectivity index (χ1v) is 8.21. The lowest BCUT2D eigenvalue weighted by Crippen LogP contribution is -2.38. The van der Waals surface area contributed by atoms with Crippen molar-refractivity contribution in [1.82, 2.24) is 10.2 Å². The summed E-state index contributed by atoms with van der Waals surface area (Å²) in [5, 5.41) is 3.23. The average Bonchev–Trinajstić information content (AvgIpc) is 3.02. The van der Waals surface area contributed by atoms with E-state index in [2.05, 4.69) is 10.3 Å². The molecule has 0 radical (unpaired) electrons. The van der Waals surface area contributed by atoms with Gasteiger partial charge in [0.1, 0.15) is 22.8 Å². The molecule has 0 unspecified atom stereocenters. The molecule has 1 N–H and O–H groups in total. The Bertz CT molecular complexity index is 783. The van der Waals surface area contributed by atoms with Crippen LogP contribution in [0.2, 0.25) is 0 Å². The molecule has 0 spiro atoms. The van der Waals surface area contributed by atoms with E-state index in [1.165, 1.54) is 7.11 Å². The first-order valence-electron chi connectivity index (χ1n) is 8.21. The van der Waals surface area contributed by atoms with Gasteiger partial charge in [0.25, 0.3) is 0 Å². The molecule has 140 valence electrons. The molecule has 2 aromatic rings. The molecule has 0 atom stereocenters. The summed E-state index contributed by atoms with van der Waals surface area (Å²) in [6, 6.07) is 9.54. The Kier molecular flexibility index (Phi) is 6.66. The van der Waals surface area contributed by atoms with Gasteiger partial charge in [0, 0.05) is 26.2 Å². The van der Waals surface area contributed by atoms with Crippen LogP contribution in [0.25, 0.3) is 0 Å². The second kappa shape index (κ2) is 8.94. The van der Waals surface area contributed by atoms with E-state index in [9.17, 15) is 4.79 Å². The number of ether oxygens (including phenoxy) is 2. The van der Waals surface area contributed by atoms with Gasteiger partial charge < -0.3 is 24.1 Å². The van der Waals surface area contributed by atoms with Crippen LogP contribution in [-0.2, 0) is 17.8 Å². The molecule has 0 saturated carbocycles. The summed E-state index contributed by atoms with van der Waals surface area (Å²) in [5.74, 6) is 2.29. The van der Waals surface area contributed by atoms with Crippen molar-refractivity contribution >= 4 is 11.9 Å². The lowest BCUT2D eigenvalue weighted by molar-refractivity contribution is 0.0599. The van der Waals surface area contributed by atoms with E-state index in [-0.39, 0.29) is 0 Å². The molecular formula is C19H25N3O4. The summed E-state index contributed by atoms with van der Waals surface area (Å²) in [5.41, 5.74) is 1.49. The molecule has 7 heteroatoms. The Balaban J connectivity index is 2.02. The fraction of sp³-hybridized carbons (Fsp3) is 0.368. The fourth-order valence-corrected chi connectivity index (χ4v) is 2.66. The van der Waals surface area contributed by atoms with Crippen LogP contribution in [0.3, 0.4) is 0 Å². The van der Waals surface area contributed by atoms with Crippen molar-refractivity contribution in [1.29, 1.82) is 0 Å². The number of aliphatic imine (C=N–C) groups is 1. The standard InChI is InChI=1S/C19H25N3O4/c1-13-16(18(23)25-5)10-15(26-13)11-21-19(20-2)22(3)12-14-8-6-7-9-17(14)24-4/h6-10H,11-12H2,1-5H3,(H,20,21). The van der Waals surface area contributed by atoms with Crippen LogP contribution in [-0.4, -0.2) is 45.1 Å². The molecule has 26 heavy (non-hydrogen) atoms. The summed E-state index contributed by atoms with van der Waals surface area (Å²) in [4.78, 5) is 17.9. The number of furan rings is 1. The lowest BCUT2D eigenvalue weighted by Gasteiger charge is -2.22.